The molecule has 0 saturated carbocycles. The number of nitrogens with zero attached hydrogens (tertiary/aromatic N) is 4. The predicted molar refractivity (Wildman–Crippen MR) is 114 cm³/mol. The van der Waals surface area contributed by atoms with E-state index in [0.717, 1.165) is 22.1 Å². The first-order valence-corrected chi connectivity index (χ1v) is 10.0. The number of fused-ring (bicyclic) bond motifs is 1. The van der Waals surface area contributed by atoms with Crippen LogP contribution in [0.5, 0.6) is 11.6 Å². The van der Waals surface area contributed by atoms with Crippen molar-refractivity contribution in [3.63, 3.8) is 0 Å². The van der Waals surface area contributed by atoms with Gasteiger partial charge in [-0.05, 0) is 29.8 Å². The van der Waals surface area contributed by atoms with Gasteiger partial charge in [0.2, 0.25) is 5.88 Å². The lowest BCUT2D eigenvalue weighted by Crippen LogP contribution is -1.97. The van der Waals surface area contributed by atoms with Crippen LogP contribution in [0.4, 0.5) is 5.69 Å². The molecule has 0 aliphatic rings. The van der Waals surface area contributed by atoms with Crippen LogP contribution in [0.1, 0.15) is 5.56 Å². The number of hydrogen-bond acceptors (Lipinski definition) is 7. The number of thioether (sulfide) groups is 1. The van der Waals surface area contributed by atoms with Crippen LogP contribution < -0.4 is 9.47 Å². The highest BCUT2D eigenvalue weighted by molar-refractivity contribution is 7.98. The Morgan fingerprint density at radius 1 is 1.07 bits per heavy atom. The van der Waals surface area contributed by atoms with Crippen LogP contribution in [-0.4, -0.2) is 33.7 Å². The molecule has 9 heteroatoms. The first-order chi connectivity index (χ1) is 14.6. The maximum Gasteiger partial charge on any atom is 0.270 e. The third-order valence-corrected chi connectivity index (χ3v) is 5.45. The smallest absolute Gasteiger partial charge is 0.270 e. The second-order valence-corrected chi connectivity index (χ2v) is 7.35. The number of methoxy groups -OCH3 is 2. The topological polar surface area (TPSA) is 91.8 Å². The van der Waals surface area contributed by atoms with E-state index in [1.54, 1.807) is 35.5 Å². The largest absolute Gasteiger partial charge is 0.497 e. The number of nitro groups is 1. The number of hydrogen-bond donors (Lipinski definition) is 0. The van der Waals surface area contributed by atoms with E-state index < -0.39 is 4.92 Å². The predicted octanol–water partition coefficient (Wildman–Crippen LogP) is 4.61. The minimum atomic E-state index is -0.433. The first-order valence-electron chi connectivity index (χ1n) is 9.03. The fourth-order valence-electron chi connectivity index (χ4n) is 3.03. The summed E-state index contributed by atoms with van der Waals surface area (Å²) in [5, 5.41) is 16.5. The van der Waals surface area contributed by atoms with Crippen LogP contribution >= 0.6 is 11.8 Å². The fourth-order valence-corrected chi connectivity index (χ4v) is 3.83. The van der Waals surface area contributed by atoms with Gasteiger partial charge in [-0.3, -0.25) is 10.1 Å². The van der Waals surface area contributed by atoms with Gasteiger partial charge in [0, 0.05) is 23.4 Å². The summed E-state index contributed by atoms with van der Waals surface area (Å²) in [6.45, 7) is 0. The van der Waals surface area contributed by atoms with E-state index >= 15 is 0 Å². The minimum absolute atomic E-state index is 0.00546. The Kier molecular flexibility index (Phi) is 5.53. The van der Waals surface area contributed by atoms with Gasteiger partial charge < -0.3 is 9.47 Å². The second kappa shape index (κ2) is 8.42. The molecule has 0 amide bonds. The Morgan fingerprint density at radius 3 is 2.67 bits per heavy atom. The molecule has 0 radical (unpaired) electrons. The summed E-state index contributed by atoms with van der Waals surface area (Å²) >= 11 is 1.58. The molecule has 0 aliphatic heterocycles. The fraction of sp³-hybridized carbons (Fsp3) is 0.143. The zero-order valence-electron chi connectivity index (χ0n) is 16.3. The molecule has 4 aromatic rings. The number of nitro benzene ring substituents is 1. The number of rotatable bonds is 7. The van der Waals surface area contributed by atoms with Gasteiger partial charge in [0.05, 0.1) is 19.1 Å². The summed E-state index contributed by atoms with van der Waals surface area (Å²) in [6, 6.07) is 17.9. The maximum absolute atomic E-state index is 11.1. The lowest BCUT2D eigenvalue weighted by molar-refractivity contribution is -0.384. The highest BCUT2D eigenvalue weighted by Crippen LogP contribution is 2.33. The molecule has 0 atom stereocenters. The van der Waals surface area contributed by atoms with Gasteiger partial charge in [-0.25, -0.2) is 4.98 Å². The lowest BCUT2D eigenvalue weighted by Gasteiger charge is -2.06. The second-order valence-electron chi connectivity index (χ2n) is 6.36. The third-order valence-electron chi connectivity index (χ3n) is 4.46. The van der Waals surface area contributed by atoms with Gasteiger partial charge in [0.1, 0.15) is 16.5 Å². The highest BCUT2D eigenvalue weighted by atomic mass is 32.2. The Balaban J connectivity index is 1.66. The summed E-state index contributed by atoms with van der Waals surface area (Å²) in [7, 11) is 3.17. The van der Waals surface area contributed by atoms with E-state index in [1.165, 1.54) is 19.2 Å². The van der Waals surface area contributed by atoms with Gasteiger partial charge in [-0.1, -0.05) is 36.0 Å². The van der Waals surface area contributed by atoms with E-state index in [2.05, 4.69) is 10.1 Å². The summed E-state index contributed by atoms with van der Waals surface area (Å²) in [6.07, 6.45) is 0. The number of imidazole rings is 1. The standard InChI is InChI=1S/C21H18N4O4S/c1-28-17-8-3-5-14(11-17)13-30-19-10-9-18-22-20(21(29-2)24(18)23-19)15-6-4-7-16(12-15)25(26)27/h3-12H,13H2,1-2H3. The van der Waals surface area contributed by atoms with Gasteiger partial charge >= 0.3 is 0 Å². The molecule has 0 N–H and O–H groups in total. The Hall–Kier alpha value is -3.59. The van der Waals surface area contributed by atoms with Crippen molar-refractivity contribution in [2.45, 2.75) is 10.8 Å². The van der Waals surface area contributed by atoms with Crippen molar-refractivity contribution < 1.29 is 14.4 Å². The summed E-state index contributed by atoms with van der Waals surface area (Å²) in [5.41, 5.74) is 2.81. The number of benzene rings is 2. The molecular formula is C21H18N4O4S. The maximum atomic E-state index is 11.1. The van der Waals surface area contributed by atoms with Crippen LogP contribution in [0.3, 0.4) is 0 Å². The van der Waals surface area contributed by atoms with Crippen LogP contribution in [0.25, 0.3) is 16.9 Å². The average Bonchev–Trinajstić information content (AvgIpc) is 3.15. The average molecular weight is 422 g/mol. The summed E-state index contributed by atoms with van der Waals surface area (Å²) in [5.74, 6) is 1.97. The van der Waals surface area contributed by atoms with Gasteiger partial charge in [-0.2, -0.15) is 9.61 Å². The molecule has 0 fully saturated rings. The molecule has 0 bridgehead atoms. The molecule has 152 valence electrons. The molecule has 0 unspecified atom stereocenters. The molecule has 2 heterocycles. The van der Waals surface area contributed by atoms with Crippen molar-refractivity contribution in [3.05, 3.63) is 76.3 Å². The summed E-state index contributed by atoms with van der Waals surface area (Å²) in [4.78, 5) is 15.2. The SMILES string of the molecule is COc1cccc(CSc2ccc3nc(-c4cccc([N+](=O)[O-])c4)c(OC)n3n2)c1. The van der Waals surface area contributed by atoms with E-state index in [9.17, 15) is 10.1 Å². The van der Waals surface area contributed by atoms with E-state index in [0.29, 0.717) is 22.8 Å². The Morgan fingerprint density at radius 2 is 1.90 bits per heavy atom. The van der Waals surface area contributed by atoms with Crippen LogP contribution in [-0.2, 0) is 5.75 Å². The quantitative estimate of drug-likeness (QED) is 0.244. The van der Waals surface area contributed by atoms with Crippen molar-refractivity contribution in [2.75, 3.05) is 14.2 Å². The van der Waals surface area contributed by atoms with Crippen molar-refractivity contribution in [1.82, 2.24) is 14.6 Å². The molecule has 0 saturated heterocycles. The van der Waals surface area contributed by atoms with Crippen LogP contribution in [0.2, 0.25) is 0 Å². The molecule has 30 heavy (non-hydrogen) atoms. The number of aromatic nitrogens is 3. The molecular weight excluding hydrogens is 404 g/mol. The highest BCUT2D eigenvalue weighted by Gasteiger charge is 2.18. The van der Waals surface area contributed by atoms with Crippen molar-refractivity contribution in [1.29, 1.82) is 0 Å². The van der Waals surface area contributed by atoms with Crippen LogP contribution in [0, 0.1) is 10.1 Å². The normalized spacial score (nSPS) is 10.9. The molecule has 2 aromatic carbocycles. The van der Waals surface area contributed by atoms with E-state index in [4.69, 9.17) is 9.47 Å². The van der Waals surface area contributed by atoms with Crippen molar-refractivity contribution >= 4 is 23.1 Å². The zero-order valence-corrected chi connectivity index (χ0v) is 17.1. The molecule has 0 aliphatic carbocycles. The Labute approximate surface area is 176 Å². The molecule has 8 nitrogen and oxygen atoms in total. The van der Waals surface area contributed by atoms with Gasteiger partial charge in [-0.15, -0.1) is 0 Å². The number of non-ortho nitro benzene ring substituents is 1. The minimum Gasteiger partial charge on any atom is -0.497 e. The lowest BCUT2D eigenvalue weighted by atomic mass is 10.1. The third kappa shape index (κ3) is 3.92. The van der Waals surface area contributed by atoms with Gasteiger partial charge in [0.25, 0.3) is 5.69 Å². The molecule has 4 rings (SSSR count). The van der Waals surface area contributed by atoms with Crippen molar-refractivity contribution in [3.8, 4) is 22.9 Å². The molecule has 2 aromatic heterocycles. The van der Waals surface area contributed by atoms with E-state index in [1.807, 2.05) is 36.4 Å². The monoisotopic (exact) mass is 422 g/mol. The summed E-state index contributed by atoms with van der Waals surface area (Å²) < 4.78 is 12.4. The number of ether oxygens (including phenoxy) is 2. The first kappa shape index (κ1) is 19.7. The Bertz CT molecular complexity index is 1220. The van der Waals surface area contributed by atoms with Gasteiger partial charge in [0.15, 0.2) is 5.65 Å². The van der Waals surface area contributed by atoms with Crippen molar-refractivity contribution in [2.24, 2.45) is 0 Å². The zero-order chi connectivity index (χ0) is 21.1. The van der Waals surface area contributed by atoms with Crippen LogP contribution in [0.15, 0.2) is 65.7 Å². The van der Waals surface area contributed by atoms with E-state index in [-0.39, 0.29) is 5.69 Å². The molecule has 0 spiro atoms.